The summed E-state index contributed by atoms with van der Waals surface area (Å²) in [7, 11) is 1.61. The molecule has 1 aromatic carbocycles. The lowest BCUT2D eigenvalue weighted by Gasteiger charge is -2.06. The van der Waals surface area contributed by atoms with Gasteiger partial charge in [0, 0.05) is 5.69 Å². The van der Waals surface area contributed by atoms with Crippen molar-refractivity contribution in [2.24, 2.45) is 0 Å². The van der Waals surface area contributed by atoms with Crippen molar-refractivity contribution in [3.63, 3.8) is 0 Å². The first-order valence-corrected chi connectivity index (χ1v) is 4.81. The molecule has 0 saturated carbocycles. The van der Waals surface area contributed by atoms with Crippen LogP contribution in [-0.2, 0) is 0 Å². The zero-order chi connectivity index (χ0) is 11.4. The van der Waals surface area contributed by atoms with Crippen molar-refractivity contribution < 1.29 is 9.13 Å². The molecule has 0 fully saturated rings. The second-order valence-corrected chi connectivity index (χ2v) is 3.20. The van der Waals surface area contributed by atoms with E-state index in [0.29, 0.717) is 5.82 Å². The summed E-state index contributed by atoms with van der Waals surface area (Å²) >= 11 is 0. The predicted octanol–water partition coefficient (Wildman–Crippen LogP) is 2.97. The van der Waals surface area contributed by atoms with E-state index in [4.69, 9.17) is 4.74 Å². The minimum atomic E-state index is -0.501. The summed E-state index contributed by atoms with van der Waals surface area (Å²) in [5.41, 5.74) is 0.832. The summed E-state index contributed by atoms with van der Waals surface area (Å²) in [6.07, 6.45) is 0. The molecule has 16 heavy (non-hydrogen) atoms. The third-order valence-electron chi connectivity index (χ3n) is 2.08. The van der Waals surface area contributed by atoms with Crippen molar-refractivity contribution in [1.29, 1.82) is 0 Å². The third-order valence-corrected chi connectivity index (χ3v) is 2.08. The molecule has 1 aromatic heterocycles. The van der Waals surface area contributed by atoms with Gasteiger partial charge in [-0.3, -0.25) is 0 Å². The minimum Gasteiger partial charge on any atom is -0.497 e. The molecule has 0 aliphatic heterocycles. The molecular formula is C12H11FN2O. The number of methoxy groups -OCH3 is 1. The zero-order valence-electron chi connectivity index (χ0n) is 8.77. The Kier molecular flexibility index (Phi) is 3.00. The van der Waals surface area contributed by atoms with Crippen molar-refractivity contribution in [1.82, 2.24) is 4.98 Å². The number of hydrogen-bond acceptors (Lipinski definition) is 3. The van der Waals surface area contributed by atoms with Crippen LogP contribution in [0.1, 0.15) is 0 Å². The Morgan fingerprint density at radius 2 is 1.88 bits per heavy atom. The van der Waals surface area contributed by atoms with Gasteiger partial charge in [-0.15, -0.1) is 0 Å². The summed E-state index contributed by atoms with van der Waals surface area (Å²) in [5, 5.41) is 2.99. The molecule has 1 heterocycles. The number of pyridine rings is 1. The summed E-state index contributed by atoms with van der Waals surface area (Å²) in [4.78, 5) is 3.70. The van der Waals surface area contributed by atoms with Gasteiger partial charge in [0.1, 0.15) is 11.6 Å². The Bertz CT molecular complexity index is 471. The maximum Gasteiger partial charge on any atom is 0.214 e. The fraction of sp³-hybridized carbons (Fsp3) is 0.0833. The third kappa shape index (κ3) is 2.48. The van der Waals surface area contributed by atoms with Gasteiger partial charge in [-0.1, -0.05) is 6.07 Å². The normalized spacial score (nSPS) is 9.88. The van der Waals surface area contributed by atoms with Crippen LogP contribution in [0.5, 0.6) is 5.75 Å². The van der Waals surface area contributed by atoms with Gasteiger partial charge in [0.05, 0.1) is 7.11 Å². The van der Waals surface area contributed by atoms with Crippen LogP contribution in [0, 0.1) is 5.95 Å². The number of benzene rings is 1. The van der Waals surface area contributed by atoms with Gasteiger partial charge >= 0.3 is 0 Å². The minimum absolute atomic E-state index is 0.477. The van der Waals surface area contributed by atoms with Crippen LogP contribution in [0.3, 0.4) is 0 Å². The Balaban J connectivity index is 2.14. The second-order valence-electron chi connectivity index (χ2n) is 3.20. The number of anilines is 2. The van der Waals surface area contributed by atoms with E-state index in [1.807, 2.05) is 24.3 Å². The van der Waals surface area contributed by atoms with Crippen molar-refractivity contribution in [2.75, 3.05) is 12.4 Å². The number of ether oxygens (including phenoxy) is 1. The Hall–Kier alpha value is -2.10. The van der Waals surface area contributed by atoms with E-state index in [2.05, 4.69) is 10.3 Å². The standard InChI is InChI=1S/C12H11FN2O/c1-16-10-7-5-9(6-8-10)14-12-4-2-3-11(13)15-12/h2-8H,1H3,(H,14,15). The fourth-order valence-electron chi connectivity index (χ4n) is 1.30. The molecule has 0 aliphatic rings. The number of hydrogen-bond donors (Lipinski definition) is 1. The molecule has 4 heteroatoms. The molecule has 0 aliphatic carbocycles. The first-order valence-electron chi connectivity index (χ1n) is 4.81. The number of halogens is 1. The molecule has 1 N–H and O–H groups in total. The highest BCUT2D eigenvalue weighted by molar-refractivity contribution is 5.56. The molecule has 2 rings (SSSR count). The molecule has 3 nitrogen and oxygen atoms in total. The van der Waals surface area contributed by atoms with Gasteiger partial charge in [-0.2, -0.15) is 4.39 Å². The smallest absolute Gasteiger partial charge is 0.214 e. The molecular weight excluding hydrogens is 207 g/mol. The monoisotopic (exact) mass is 218 g/mol. The molecule has 0 spiro atoms. The Labute approximate surface area is 92.9 Å². The molecule has 0 saturated heterocycles. The van der Waals surface area contributed by atoms with Crippen molar-refractivity contribution in [3.05, 3.63) is 48.4 Å². The average Bonchev–Trinajstić information content (AvgIpc) is 2.30. The van der Waals surface area contributed by atoms with Gasteiger partial charge in [0.15, 0.2) is 0 Å². The molecule has 0 atom stereocenters. The van der Waals surface area contributed by atoms with E-state index in [0.717, 1.165) is 11.4 Å². The van der Waals surface area contributed by atoms with E-state index in [1.165, 1.54) is 6.07 Å². The lowest BCUT2D eigenvalue weighted by Crippen LogP contribution is -1.94. The largest absolute Gasteiger partial charge is 0.497 e. The van der Waals surface area contributed by atoms with Gasteiger partial charge in [-0.25, -0.2) is 4.98 Å². The average molecular weight is 218 g/mol. The van der Waals surface area contributed by atoms with Crippen LogP contribution >= 0.6 is 0 Å². The highest BCUT2D eigenvalue weighted by Gasteiger charge is 1.98. The van der Waals surface area contributed by atoms with Crippen molar-refractivity contribution in [3.8, 4) is 5.75 Å². The molecule has 0 amide bonds. The maximum atomic E-state index is 12.8. The highest BCUT2D eigenvalue weighted by atomic mass is 19.1. The van der Waals surface area contributed by atoms with Crippen LogP contribution in [0.15, 0.2) is 42.5 Å². The number of aromatic nitrogens is 1. The molecule has 82 valence electrons. The van der Waals surface area contributed by atoms with Crippen molar-refractivity contribution in [2.45, 2.75) is 0 Å². The van der Waals surface area contributed by atoms with E-state index >= 15 is 0 Å². The summed E-state index contributed by atoms with van der Waals surface area (Å²) in [6.45, 7) is 0. The van der Waals surface area contributed by atoms with Gasteiger partial charge in [0.2, 0.25) is 5.95 Å². The van der Waals surface area contributed by atoms with E-state index < -0.39 is 5.95 Å². The summed E-state index contributed by atoms with van der Waals surface area (Å²) in [6, 6.07) is 11.9. The van der Waals surface area contributed by atoms with Crippen LogP contribution in [0.25, 0.3) is 0 Å². The van der Waals surface area contributed by atoms with Crippen LogP contribution in [0.4, 0.5) is 15.9 Å². The van der Waals surface area contributed by atoms with Gasteiger partial charge in [0.25, 0.3) is 0 Å². The quantitative estimate of drug-likeness (QED) is 0.804. The van der Waals surface area contributed by atoms with Crippen LogP contribution < -0.4 is 10.1 Å². The summed E-state index contributed by atoms with van der Waals surface area (Å²) < 4.78 is 17.9. The number of nitrogens with one attached hydrogen (secondary N) is 1. The highest BCUT2D eigenvalue weighted by Crippen LogP contribution is 2.18. The predicted molar refractivity (Wildman–Crippen MR) is 60.5 cm³/mol. The Morgan fingerprint density at radius 1 is 1.12 bits per heavy atom. The molecule has 0 unspecified atom stereocenters. The number of nitrogens with zero attached hydrogens (tertiary/aromatic N) is 1. The van der Waals surface area contributed by atoms with E-state index in [9.17, 15) is 4.39 Å². The Morgan fingerprint density at radius 3 is 2.50 bits per heavy atom. The fourth-order valence-corrected chi connectivity index (χ4v) is 1.30. The van der Waals surface area contributed by atoms with Crippen LogP contribution in [0.2, 0.25) is 0 Å². The number of rotatable bonds is 3. The van der Waals surface area contributed by atoms with Crippen LogP contribution in [-0.4, -0.2) is 12.1 Å². The maximum absolute atomic E-state index is 12.8. The van der Waals surface area contributed by atoms with Crippen molar-refractivity contribution >= 4 is 11.5 Å². The zero-order valence-corrected chi connectivity index (χ0v) is 8.77. The summed E-state index contributed by atoms with van der Waals surface area (Å²) in [5.74, 6) is 0.751. The first-order chi connectivity index (χ1) is 7.78. The lowest BCUT2D eigenvalue weighted by atomic mass is 10.3. The molecule has 2 aromatic rings. The molecule has 0 radical (unpaired) electrons. The topological polar surface area (TPSA) is 34.1 Å². The van der Waals surface area contributed by atoms with E-state index in [-0.39, 0.29) is 0 Å². The van der Waals surface area contributed by atoms with Gasteiger partial charge < -0.3 is 10.1 Å². The van der Waals surface area contributed by atoms with E-state index in [1.54, 1.807) is 19.2 Å². The molecule has 0 bridgehead atoms. The first kappa shape index (κ1) is 10.4. The van der Waals surface area contributed by atoms with Gasteiger partial charge in [-0.05, 0) is 36.4 Å². The SMILES string of the molecule is COc1ccc(Nc2cccc(F)n2)cc1. The second kappa shape index (κ2) is 4.61. The lowest BCUT2D eigenvalue weighted by molar-refractivity contribution is 0.415.